The molecule has 4 aliphatic rings. The molecule has 2 aromatic carbocycles. The van der Waals surface area contributed by atoms with Gasteiger partial charge in [-0.1, -0.05) is 54.6 Å². The number of hydrogen-bond donors (Lipinski definition) is 0. The number of halogens is 1. The number of benzene rings is 2. The Morgan fingerprint density at radius 3 is 2.32 bits per heavy atom. The van der Waals surface area contributed by atoms with Crippen molar-refractivity contribution in [2.45, 2.75) is 83.0 Å². The summed E-state index contributed by atoms with van der Waals surface area (Å²) in [5, 5.41) is 2.19. The van der Waals surface area contributed by atoms with Crippen LogP contribution >= 0.6 is 15.9 Å². The maximum absolute atomic E-state index is 11.9. The van der Waals surface area contributed by atoms with E-state index in [9.17, 15) is 4.79 Å². The van der Waals surface area contributed by atoms with E-state index < -0.39 is 0 Å². The van der Waals surface area contributed by atoms with Gasteiger partial charge in [0.05, 0.1) is 6.61 Å². The summed E-state index contributed by atoms with van der Waals surface area (Å²) in [5.74, 6) is 3.75. The van der Waals surface area contributed by atoms with Crippen LogP contribution in [0.3, 0.4) is 0 Å². The summed E-state index contributed by atoms with van der Waals surface area (Å²) in [6.45, 7) is 3.06. The first-order valence-corrected chi connectivity index (χ1v) is 13.3. The van der Waals surface area contributed by atoms with Gasteiger partial charge in [-0.3, -0.25) is 4.79 Å². The Hall–Kier alpha value is -1.35. The summed E-state index contributed by atoms with van der Waals surface area (Å²) < 4.78 is 7.40. The van der Waals surface area contributed by atoms with Crippen LogP contribution in [0.5, 0.6) is 5.75 Å². The van der Waals surface area contributed by atoms with Crippen LogP contribution in [0.4, 0.5) is 0 Å². The third-order valence-corrected chi connectivity index (χ3v) is 9.03. The number of carbonyl (C=O) groups excluding carboxylic acids is 1. The Kier molecular flexibility index (Phi) is 6.16. The smallest absolute Gasteiger partial charge is 0.151 e. The van der Waals surface area contributed by atoms with Crippen LogP contribution in [0.25, 0.3) is 10.8 Å². The molecule has 4 aliphatic carbocycles. The summed E-state index contributed by atoms with van der Waals surface area (Å²) in [7, 11) is 0. The number of carbonyl (C=O) groups is 1. The average molecular weight is 483 g/mol. The Balaban J connectivity index is 1.52. The van der Waals surface area contributed by atoms with Crippen LogP contribution in [0.2, 0.25) is 0 Å². The van der Waals surface area contributed by atoms with Gasteiger partial charge in [0.15, 0.2) is 6.29 Å². The van der Waals surface area contributed by atoms with Gasteiger partial charge < -0.3 is 4.74 Å². The second-order valence-electron chi connectivity index (χ2n) is 10.6. The van der Waals surface area contributed by atoms with Gasteiger partial charge in [-0.15, -0.1) is 0 Å². The van der Waals surface area contributed by atoms with E-state index in [0.717, 1.165) is 63.6 Å². The SMILES string of the molecule is CCCCCCCOc1cc2ccc(Br)c(C=O)c2cc1C12CC3CC(CC(C3)C1)C2. The Bertz CT molecular complexity index is 928. The predicted molar refractivity (Wildman–Crippen MR) is 131 cm³/mol. The first kappa shape index (κ1) is 21.5. The Morgan fingerprint density at radius 2 is 1.68 bits per heavy atom. The molecule has 0 aromatic heterocycles. The predicted octanol–water partition coefficient (Wildman–Crippen LogP) is 8.23. The van der Waals surface area contributed by atoms with Gasteiger partial charge in [-0.05, 0) is 97.1 Å². The highest BCUT2D eigenvalue weighted by Gasteiger charge is 2.52. The van der Waals surface area contributed by atoms with Gasteiger partial charge in [0.2, 0.25) is 0 Å². The molecule has 6 rings (SSSR count). The lowest BCUT2D eigenvalue weighted by molar-refractivity contribution is -0.00633. The summed E-state index contributed by atoms with van der Waals surface area (Å²) >= 11 is 3.59. The second-order valence-corrected chi connectivity index (χ2v) is 11.5. The number of ether oxygens (including phenoxy) is 1. The molecule has 4 fully saturated rings. The largest absolute Gasteiger partial charge is 0.493 e. The fourth-order valence-electron chi connectivity index (χ4n) is 7.33. The zero-order chi connectivity index (χ0) is 21.4. The highest BCUT2D eigenvalue weighted by Crippen LogP contribution is 2.62. The molecule has 31 heavy (non-hydrogen) atoms. The molecule has 0 spiro atoms. The van der Waals surface area contributed by atoms with E-state index in [2.05, 4.69) is 41.1 Å². The van der Waals surface area contributed by atoms with Gasteiger partial charge in [-0.2, -0.15) is 0 Å². The van der Waals surface area contributed by atoms with Crippen molar-refractivity contribution in [2.24, 2.45) is 17.8 Å². The lowest BCUT2D eigenvalue weighted by atomic mass is 9.48. The average Bonchev–Trinajstić information content (AvgIpc) is 2.75. The summed E-state index contributed by atoms with van der Waals surface area (Å²) in [5.41, 5.74) is 2.42. The molecule has 166 valence electrons. The minimum Gasteiger partial charge on any atom is -0.493 e. The van der Waals surface area contributed by atoms with Crippen molar-refractivity contribution in [3.63, 3.8) is 0 Å². The molecule has 0 amide bonds. The normalized spacial score (nSPS) is 28.9. The van der Waals surface area contributed by atoms with Gasteiger partial charge in [0.25, 0.3) is 0 Å². The molecule has 2 nitrogen and oxygen atoms in total. The van der Waals surface area contributed by atoms with Crippen molar-refractivity contribution in [2.75, 3.05) is 6.61 Å². The second kappa shape index (κ2) is 8.89. The zero-order valence-electron chi connectivity index (χ0n) is 18.8. The van der Waals surface area contributed by atoms with E-state index >= 15 is 0 Å². The van der Waals surface area contributed by atoms with E-state index in [4.69, 9.17) is 4.74 Å². The third-order valence-electron chi connectivity index (χ3n) is 8.34. The topological polar surface area (TPSA) is 26.3 Å². The zero-order valence-corrected chi connectivity index (χ0v) is 20.4. The molecule has 0 saturated heterocycles. The van der Waals surface area contributed by atoms with E-state index in [1.807, 2.05) is 6.07 Å². The number of aldehydes is 1. The molecule has 0 aliphatic heterocycles. The molecule has 4 saturated carbocycles. The first-order chi connectivity index (χ1) is 15.1. The number of hydrogen-bond acceptors (Lipinski definition) is 2. The molecular weight excluding hydrogens is 448 g/mol. The van der Waals surface area contributed by atoms with Crippen molar-refractivity contribution >= 4 is 33.0 Å². The molecular formula is C28H35BrO2. The molecule has 0 heterocycles. The first-order valence-electron chi connectivity index (χ1n) is 12.5. The van der Waals surface area contributed by atoms with Gasteiger partial charge in [0, 0.05) is 15.6 Å². The molecule has 0 radical (unpaired) electrons. The highest BCUT2D eigenvalue weighted by atomic mass is 79.9. The van der Waals surface area contributed by atoms with Crippen LogP contribution in [-0.4, -0.2) is 12.9 Å². The maximum Gasteiger partial charge on any atom is 0.151 e. The van der Waals surface area contributed by atoms with Crippen LogP contribution in [-0.2, 0) is 5.41 Å². The van der Waals surface area contributed by atoms with Crippen molar-refractivity contribution in [1.29, 1.82) is 0 Å². The molecule has 3 heteroatoms. The fraction of sp³-hybridized carbons (Fsp3) is 0.607. The highest BCUT2D eigenvalue weighted by molar-refractivity contribution is 9.10. The van der Waals surface area contributed by atoms with Crippen molar-refractivity contribution in [1.82, 2.24) is 0 Å². The Morgan fingerprint density at radius 1 is 1.00 bits per heavy atom. The van der Waals surface area contributed by atoms with Crippen molar-refractivity contribution in [3.8, 4) is 5.75 Å². The van der Waals surface area contributed by atoms with Gasteiger partial charge >= 0.3 is 0 Å². The maximum atomic E-state index is 11.9. The van der Waals surface area contributed by atoms with E-state index in [-0.39, 0.29) is 5.41 Å². The van der Waals surface area contributed by atoms with Gasteiger partial charge in [0.1, 0.15) is 5.75 Å². The number of unbranched alkanes of at least 4 members (excludes halogenated alkanes) is 4. The van der Waals surface area contributed by atoms with Gasteiger partial charge in [-0.25, -0.2) is 0 Å². The van der Waals surface area contributed by atoms with Crippen LogP contribution < -0.4 is 4.74 Å². The van der Waals surface area contributed by atoms with Crippen LogP contribution in [0.15, 0.2) is 28.7 Å². The molecule has 2 aromatic rings. The summed E-state index contributed by atoms with van der Waals surface area (Å²) in [6.07, 6.45) is 15.5. The number of rotatable bonds is 9. The third kappa shape index (κ3) is 4.08. The molecule has 0 N–H and O–H groups in total. The Labute approximate surface area is 195 Å². The standard InChI is InChI=1S/C28H35BrO2/c1-2-3-4-5-6-9-31-27-13-22-7-8-26(29)24(18-30)23(22)14-25(27)28-15-19-10-20(16-28)12-21(11-19)17-28/h7-8,13-14,18-21H,2-6,9-12,15-17H2,1H3. The molecule has 4 bridgehead atoms. The van der Waals surface area contributed by atoms with E-state index in [1.165, 1.54) is 69.8 Å². The monoisotopic (exact) mass is 482 g/mol. The lowest BCUT2D eigenvalue weighted by Crippen LogP contribution is -2.48. The van der Waals surface area contributed by atoms with Crippen LogP contribution in [0.1, 0.15) is 93.5 Å². The minimum absolute atomic E-state index is 0.253. The van der Waals surface area contributed by atoms with Crippen LogP contribution in [0, 0.1) is 17.8 Å². The minimum atomic E-state index is 0.253. The molecule has 0 atom stereocenters. The summed E-state index contributed by atoms with van der Waals surface area (Å²) in [6, 6.07) is 8.67. The lowest BCUT2D eigenvalue weighted by Gasteiger charge is -2.57. The summed E-state index contributed by atoms with van der Waals surface area (Å²) in [4.78, 5) is 11.9. The number of fused-ring (bicyclic) bond motifs is 1. The van der Waals surface area contributed by atoms with Crippen molar-refractivity contribution in [3.05, 3.63) is 39.9 Å². The van der Waals surface area contributed by atoms with E-state index in [0.29, 0.717) is 0 Å². The molecule has 0 unspecified atom stereocenters. The van der Waals surface area contributed by atoms with E-state index in [1.54, 1.807) is 0 Å². The fourth-order valence-corrected chi connectivity index (χ4v) is 7.77. The van der Waals surface area contributed by atoms with Crippen molar-refractivity contribution < 1.29 is 9.53 Å². The quantitative estimate of drug-likeness (QED) is 0.265.